The molecule has 1 N–H and O–H groups in total. The highest BCUT2D eigenvalue weighted by atomic mass is 16.6. The summed E-state index contributed by atoms with van der Waals surface area (Å²) in [6, 6.07) is 8.83. The highest BCUT2D eigenvalue weighted by Gasteiger charge is 2.06. The zero-order chi connectivity index (χ0) is 15.2. The van der Waals surface area contributed by atoms with Crippen molar-refractivity contribution in [1.82, 2.24) is 19.9 Å². The molecule has 0 unspecified atom stereocenters. The maximum absolute atomic E-state index is 11.7. The minimum absolute atomic E-state index is 0.179. The molecule has 0 aliphatic carbocycles. The Kier molecular flexibility index (Phi) is 4.35. The van der Waals surface area contributed by atoms with Gasteiger partial charge in [-0.15, -0.1) is 0 Å². The molecule has 0 aliphatic heterocycles. The number of rotatable bonds is 6. The van der Waals surface area contributed by atoms with Gasteiger partial charge < -0.3 is 14.5 Å². The van der Waals surface area contributed by atoms with Gasteiger partial charge in [0.2, 0.25) is 0 Å². The van der Waals surface area contributed by atoms with Gasteiger partial charge in [-0.3, -0.25) is 0 Å². The lowest BCUT2D eigenvalue weighted by Gasteiger charge is -2.05. The zero-order valence-electron chi connectivity index (χ0n) is 11.7. The maximum atomic E-state index is 11.7. The first-order valence-electron chi connectivity index (χ1n) is 6.78. The van der Waals surface area contributed by atoms with Gasteiger partial charge in [-0.2, -0.15) is 0 Å². The normalized spacial score (nSPS) is 10.7. The van der Waals surface area contributed by atoms with E-state index in [-0.39, 0.29) is 25.8 Å². The van der Waals surface area contributed by atoms with Crippen LogP contribution in [0.3, 0.4) is 0 Å². The Morgan fingerprint density at radius 2 is 2.00 bits per heavy atom. The number of imidazole rings is 1. The second kappa shape index (κ2) is 6.77. The van der Waals surface area contributed by atoms with Crippen LogP contribution in [-0.2, 0) is 16.1 Å². The van der Waals surface area contributed by atoms with E-state index in [2.05, 4.69) is 19.9 Å². The van der Waals surface area contributed by atoms with Crippen LogP contribution in [0.15, 0.2) is 42.9 Å². The van der Waals surface area contributed by atoms with Gasteiger partial charge >= 0.3 is 5.97 Å². The van der Waals surface area contributed by atoms with Gasteiger partial charge in [0.25, 0.3) is 0 Å². The molecule has 112 valence electrons. The van der Waals surface area contributed by atoms with E-state index < -0.39 is 0 Å². The molecule has 0 saturated heterocycles. The van der Waals surface area contributed by atoms with Crippen molar-refractivity contribution in [3.63, 3.8) is 0 Å². The minimum Gasteiger partial charge on any atom is -0.460 e. The van der Waals surface area contributed by atoms with Crippen molar-refractivity contribution in [2.24, 2.45) is 0 Å². The number of carbonyl (C=O) groups is 1. The molecular weight excluding hydrogens is 284 g/mol. The largest absolute Gasteiger partial charge is 0.460 e. The van der Waals surface area contributed by atoms with E-state index in [1.165, 1.54) is 0 Å². The van der Waals surface area contributed by atoms with Crippen LogP contribution in [0.4, 0.5) is 0 Å². The van der Waals surface area contributed by atoms with Crippen molar-refractivity contribution in [2.45, 2.75) is 6.61 Å². The number of hydrogen-bond acceptors (Lipinski definition) is 6. The standard InChI is InChI=1S/C15H14N4O3/c20-15(11-4-2-1-3-5-11)22-7-6-21-9-13-16-8-12-14(19-13)18-10-17-12/h1-5,8,10H,6-7,9H2,(H,16,17,18,19). The summed E-state index contributed by atoms with van der Waals surface area (Å²) in [6.45, 7) is 0.699. The fourth-order valence-corrected chi connectivity index (χ4v) is 1.86. The molecule has 2 aromatic heterocycles. The van der Waals surface area contributed by atoms with Crippen molar-refractivity contribution >= 4 is 17.1 Å². The molecule has 0 aliphatic rings. The lowest BCUT2D eigenvalue weighted by molar-refractivity contribution is 0.0279. The third-order valence-electron chi connectivity index (χ3n) is 2.93. The Balaban J connectivity index is 1.41. The zero-order valence-corrected chi connectivity index (χ0v) is 11.7. The molecule has 1 aromatic carbocycles. The van der Waals surface area contributed by atoms with Gasteiger partial charge in [-0.1, -0.05) is 18.2 Å². The quantitative estimate of drug-likeness (QED) is 0.550. The van der Waals surface area contributed by atoms with Crippen molar-refractivity contribution in [1.29, 1.82) is 0 Å². The summed E-state index contributed by atoms with van der Waals surface area (Å²) in [6.07, 6.45) is 3.22. The molecule has 0 saturated carbocycles. The van der Waals surface area contributed by atoms with E-state index in [1.54, 1.807) is 36.8 Å². The average Bonchev–Trinajstić information content (AvgIpc) is 3.03. The highest BCUT2D eigenvalue weighted by Crippen LogP contribution is 2.05. The van der Waals surface area contributed by atoms with Gasteiger partial charge in [0.15, 0.2) is 11.5 Å². The Morgan fingerprint density at radius 3 is 2.86 bits per heavy atom. The van der Waals surface area contributed by atoms with Crippen molar-refractivity contribution in [3.05, 3.63) is 54.2 Å². The second-order valence-electron chi connectivity index (χ2n) is 4.48. The summed E-state index contributed by atoms with van der Waals surface area (Å²) in [5, 5.41) is 0. The smallest absolute Gasteiger partial charge is 0.338 e. The number of esters is 1. The Bertz CT molecular complexity index is 758. The van der Waals surface area contributed by atoms with Gasteiger partial charge in [0.05, 0.1) is 24.7 Å². The molecule has 22 heavy (non-hydrogen) atoms. The van der Waals surface area contributed by atoms with E-state index in [4.69, 9.17) is 9.47 Å². The number of nitrogens with one attached hydrogen (secondary N) is 1. The fourth-order valence-electron chi connectivity index (χ4n) is 1.86. The summed E-state index contributed by atoms with van der Waals surface area (Å²) in [5.41, 5.74) is 1.90. The van der Waals surface area contributed by atoms with Gasteiger partial charge in [0, 0.05) is 0 Å². The van der Waals surface area contributed by atoms with Gasteiger partial charge in [0.1, 0.15) is 18.7 Å². The maximum Gasteiger partial charge on any atom is 0.338 e. The van der Waals surface area contributed by atoms with Crippen LogP contribution in [0, 0.1) is 0 Å². The third-order valence-corrected chi connectivity index (χ3v) is 2.93. The number of fused-ring (bicyclic) bond motifs is 1. The number of hydrogen-bond donors (Lipinski definition) is 1. The topological polar surface area (TPSA) is 90.0 Å². The predicted octanol–water partition coefficient (Wildman–Crippen LogP) is 1.73. The van der Waals surface area contributed by atoms with E-state index in [0.717, 1.165) is 5.52 Å². The lowest BCUT2D eigenvalue weighted by Crippen LogP contribution is -2.11. The molecule has 7 heteroatoms. The number of ether oxygens (including phenoxy) is 2. The number of H-pyrrole nitrogens is 1. The first kappa shape index (κ1) is 14.2. The van der Waals surface area contributed by atoms with Crippen LogP contribution in [0.25, 0.3) is 11.2 Å². The van der Waals surface area contributed by atoms with Gasteiger partial charge in [-0.05, 0) is 12.1 Å². The number of aromatic nitrogens is 4. The number of nitrogens with zero attached hydrogens (tertiary/aromatic N) is 3. The summed E-state index contributed by atoms with van der Waals surface area (Å²) in [4.78, 5) is 27.0. The summed E-state index contributed by atoms with van der Waals surface area (Å²) in [7, 11) is 0. The average molecular weight is 298 g/mol. The molecule has 2 heterocycles. The van der Waals surface area contributed by atoms with Crippen molar-refractivity contribution < 1.29 is 14.3 Å². The molecule has 0 radical (unpaired) electrons. The summed E-state index contributed by atoms with van der Waals surface area (Å²) < 4.78 is 10.5. The number of aromatic amines is 1. The van der Waals surface area contributed by atoms with Crippen LogP contribution >= 0.6 is 0 Å². The molecular formula is C15H14N4O3. The number of benzene rings is 1. The highest BCUT2D eigenvalue weighted by molar-refractivity contribution is 5.89. The molecule has 0 fully saturated rings. The lowest BCUT2D eigenvalue weighted by atomic mass is 10.2. The van der Waals surface area contributed by atoms with Crippen LogP contribution < -0.4 is 0 Å². The summed E-state index contributed by atoms with van der Waals surface area (Å²) >= 11 is 0. The van der Waals surface area contributed by atoms with Crippen molar-refractivity contribution in [2.75, 3.05) is 13.2 Å². The van der Waals surface area contributed by atoms with E-state index in [9.17, 15) is 4.79 Å². The molecule has 0 bridgehead atoms. The van der Waals surface area contributed by atoms with E-state index >= 15 is 0 Å². The molecule has 3 rings (SSSR count). The first-order chi connectivity index (χ1) is 10.8. The molecule has 0 amide bonds. The SMILES string of the molecule is O=C(OCCOCc1ncc2[nH]cnc2n1)c1ccccc1. The molecule has 7 nitrogen and oxygen atoms in total. The Hall–Kier alpha value is -2.80. The number of carbonyl (C=O) groups excluding carboxylic acids is 1. The van der Waals surface area contributed by atoms with Crippen LogP contribution in [-0.4, -0.2) is 39.1 Å². The minimum atomic E-state index is -0.363. The van der Waals surface area contributed by atoms with Crippen LogP contribution in [0.1, 0.15) is 16.2 Å². The van der Waals surface area contributed by atoms with E-state index in [0.29, 0.717) is 17.0 Å². The third kappa shape index (κ3) is 3.44. The fraction of sp³-hybridized carbons (Fsp3) is 0.200. The molecule has 3 aromatic rings. The second-order valence-corrected chi connectivity index (χ2v) is 4.48. The summed E-state index contributed by atoms with van der Waals surface area (Å²) in [5.74, 6) is 0.173. The molecule has 0 atom stereocenters. The van der Waals surface area contributed by atoms with Crippen LogP contribution in [0.2, 0.25) is 0 Å². The Morgan fingerprint density at radius 1 is 1.14 bits per heavy atom. The monoisotopic (exact) mass is 298 g/mol. The predicted molar refractivity (Wildman–Crippen MR) is 78.1 cm³/mol. The Labute approximate surface area is 126 Å². The van der Waals surface area contributed by atoms with E-state index in [1.807, 2.05) is 6.07 Å². The first-order valence-corrected chi connectivity index (χ1v) is 6.78. The molecule has 0 spiro atoms. The van der Waals surface area contributed by atoms with Gasteiger partial charge in [-0.25, -0.2) is 19.7 Å². The van der Waals surface area contributed by atoms with Crippen molar-refractivity contribution in [3.8, 4) is 0 Å². The van der Waals surface area contributed by atoms with Crippen LogP contribution in [0.5, 0.6) is 0 Å².